The van der Waals surface area contributed by atoms with E-state index in [-0.39, 0.29) is 5.82 Å². The van der Waals surface area contributed by atoms with E-state index in [0.29, 0.717) is 21.3 Å². The summed E-state index contributed by atoms with van der Waals surface area (Å²) in [7, 11) is 0. The third kappa shape index (κ3) is 2.23. The van der Waals surface area contributed by atoms with Crippen LogP contribution in [-0.4, -0.2) is 6.04 Å². The van der Waals surface area contributed by atoms with Gasteiger partial charge in [0.15, 0.2) is 0 Å². The lowest BCUT2D eigenvalue weighted by molar-refractivity contribution is 0.108. The van der Waals surface area contributed by atoms with Crippen LogP contribution in [0.25, 0.3) is 0 Å². The van der Waals surface area contributed by atoms with E-state index in [1.54, 1.807) is 0 Å². The Hall–Kier alpha value is -0.410. The minimum absolute atomic E-state index is 0.194. The number of nitrogens with one attached hydrogen (secondary N) is 1. The second-order valence-corrected chi connectivity index (χ2v) is 8.33. The second kappa shape index (κ2) is 4.81. The molecule has 0 heterocycles. The smallest absolute Gasteiger partial charge is 0.137 e. The second-order valence-electron chi connectivity index (χ2n) is 7.48. The van der Waals surface area contributed by atoms with Crippen molar-refractivity contribution >= 4 is 15.9 Å². The van der Waals surface area contributed by atoms with E-state index in [1.165, 1.54) is 25.3 Å². The number of benzene rings is 1. The number of rotatable bonds is 3. The standard InChI is InChI=1S/C17H23BrFN/c1-16(2)12-6-7-17(3,9-12)15(16)20-10-11-4-5-14(19)13(18)8-11/h4-5,8,12,15,20H,6-7,9-10H2,1-3H3. The number of hydrogen-bond acceptors (Lipinski definition) is 1. The lowest BCUT2D eigenvalue weighted by Gasteiger charge is -2.43. The van der Waals surface area contributed by atoms with Gasteiger partial charge in [-0.3, -0.25) is 0 Å². The van der Waals surface area contributed by atoms with Crippen molar-refractivity contribution < 1.29 is 4.39 Å². The highest BCUT2D eigenvalue weighted by molar-refractivity contribution is 9.10. The van der Waals surface area contributed by atoms with Crippen molar-refractivity contribution in [3.8, 4) is 0 Å². The van der Waals surface area contributed by atoms with Crippen LogP contribution in [0.1, 0.15) is 45.6 Å². The van der Waals surface area contributed by atoms with Crippen molar-refractivity contribution in [1.29, 1.82) is 0 Å². The molecule has 1 N–H and O–H groups in total. The molecule has 1 aromatic rings. The van der Waals surface area contributed by atoms with Crippen LogP contribution in [0, 0.1) is 22.6 Å². The Kier molecular flexibility index (Phi) is 3.49. The summed E-state index contributed by atoms with van der Waals surface area (Å²) in [5.41, 5.74) is 1.94. The number of halogens is 2. The topological polar surface area (TPSA) is 12.0 Å². The van der Waals surface area contributed by atoms with E-state index < -0.39 is 0 Å². The molecule has 20 heavy (non-hydrogen) atoms. The quantitative estimate of drug-likeness (QED) is 0.826. The molecule has 3 atom stereocenters. The molecule has 2 bridgehead atoms. The molecule has 0 radical (unpaired) electrons. The average Bonchev–Trinajstić information content (AvgIpc) is 2.84. The fourth-order valence-corrected chi connectivity index (χ4v) is 5.11. The van der Waals surface area contributed by atoms with Gasteiger partial charge in [-0.2, -0.15) is 0 Å². The van der Waals surface area contributed by atoms with Crippen LogP contribution in [0.4, 0.5) is 4.39 Å². The molecule has 3 heteroatoms. The summed E-state index contributed by atoms with van der Waals surface area (Å²) in [6.07, 6.45) is 4.07. The number of fused-ring (bicyclic) bond motifs is 2. The summed E-state index contributed by atoms with van der Waals surface area (Å²) in [4.78, 5) is 0. The van der Waals surface area contributed by atoms with Gasteiger partial charge in [0.1, 0.15) is 5.82 Å². The van der Waals surface area contributed by atoms with Gasteiger partial charge in [-0.25, -0.2) is 4.39 Å². The minimum Gasteiger partial charge on any atom is -0.309 e. The summed E-state index contributed by atoms with van der Waals surface area (Å²) in [6.45, 7) is 8.05. The zero-order valence-corrected chi connectivity index (χ0v) is 14.1. The van der Waals surface area contributed by atoms with Gasteiger partial charge in [0.05, 0.1) is 4.47 Å². The maximum Gasteiger partial charge on any atom is 0.137 e. The Balaban J connectivity index is 1.73. The highest BCUT2D eigenvalue weighted by atomic mass is 79.9. The van der Waals surface area contributed by atoms with E-state index in [9.17, 15) is 4.39 Å². The van der Waals surface area contributed by atoms with Gasteiger partial charge in [0.25, 0.3) is 0 Å². The Morgan fingerprint density at radius 2 is 2.10 bits per heavy atom. The van der Waals surface area contributed by atoms with Crippen molar-refractivity contribution in [3.05, 3.63) is 34.1 Å². The van der Waals surface area contributed by atoms with E-state index in [4.69, 9.17) is 0 Å². The van der Waals surface area contributed by atoms with Gasteiger partial charge in [-0.1, -0.05) is 26.8 Å². The molecule has 2 aliphatic rings. The molecule has 3 rings (SSSR count). The van der Waals surface area contributed by atoms with Crippen molar-refractivity contribution in [2.45, 2.75) is 52.6 Å². The summed E-state index contributed by atoms with van der Waals surface area (Å²) in [5.74, 6) is 0.658. The summed E-state index contributed by atoms with van der Waals surface area (Å²) in [5, 5.41) is 3.76. The van der Waals surface area contributed by atoms with E-state index in [2.05, 4.69) is 42.0 Å². The van der Waals surface area contributed by atoms with Crippen LogP contribution in [-0.2, 0) is 6.54 Å². The van der Waals surface area contributed by atoms with Gasteiger partial charge < -0.3 is 5.32 Å². The molecular formula is C17H23BrFN. The lowest BCUT2D eigenvalue weighted by atomic mass is 9.68. The fraction of sp³-hybridized carbons (Fsp3) is 0.647. The Bertz CT molecular complexity index is 523. The van der Waals surface area contributed by atoms with Crippen LogP contribution < -0.4 is 5.32 Å². The first-order valence-electron chi connectivity index (χ1n) is 7.50. The molecule has 110 valence electrons. The fourth-order valence-electron chi connectivity index (χ4n) is 4.68. The summed E-state index contributed by atoms with van der Waals surface area (Å²) < 4.78 is 13.8. The predicted octanol–water partition coefficient (Wildman–Crippen LogP) is 4.89. The first-order valence-corrected chi connectivity index (χ1v) is 8.29. The normalized spacial score (nSPS) is 34.6. The predicted molar refractivity (Wildman–Crippen MR) is 84.0 cm³/mol. The van der Waals surface area contributed by atoms with Crippen LogP contribution in [0.3, 0.4) is 0 Å². The van der Waals surface area contributed by atoms with Gasteiger partial charge >= 0.3 is 0 Å². The summed E-state index contributed by atoms with van der Waals surface area (Å²) >= 11 is 3.26. The minimum atomic E-state index is -0.194. The Labute approximate surface area is 129 Å². The van der Waals surface area contributed by atoms with Crippen LogP contribution in [0.5, 0.6) is 0 Å². The third-order valence-corrected chi connectivity index (χ3v) is 6.37. The maximum absolute atomic E-state index is 13.3. The Morgan fingerprint density at radius 3 is 2.70 bits per heavy atom. The summed E-state index contributed by atoms with van der Waals surface area (Å²) in [6, 6.07) is 5.84. The molecule has 0 saturated heterocycles. The number of hydrogen-bond donors (Lipinski definition) is 1. The molecule has 0 spiro atoms. The molecule has 2 saturated carbocycles. The van der Waals surface area contributed by atoms with Crippen LogP contribution >= 0.6 is 15.9 Å². The molecule has 0 aliphatic heterocycles. The SMILES string of the molecule is CC12CCC(C1)C(C)(C)C2NCc1ccc(F)c(Br)c1. The molecule has 2 fully saturated rings. The molecule has 0 amide bonds. The van der Waals surface area contributed by atoms with E-state index in [1.807, 2.05) is 12.1 Å². The molecule has 3 unspecified atom stereocenters. The maximum atomic E-state index is 13.3. The molecular weight excluding hydrogens is 317 g/mol. The Morgan fingerprint density at radius 1 is 1.35 bits per heavy atom. The average molecular weight is 340 g/mol. The zero-order valence-electron chi connectivity index (χ0n) is 12.5. The van der Waals surface area contributed by atoms with Gasteiger partial charge in [0, 0.05) is 12.6 Å². The van der Waals surface area contributed by atoms with Crippen molar-refractivity contribution in [1.82, 2.24) is 5.32 Å². The third-order valence-electron chi connectivity index (χ3n) is 5.76. The van der Waals surface area contributed by atoms with Gasteiger partial charge in [-0.15, -0.1) is 0 Å². The molecule has 1 aromatic carbocycles. The van der Waals surface area contributed by atoms with Crippen molar-refractivity contribution in [2.24, 2.45) is 16.7 Å². The zero-order chi connectivity index (χ0) is 14.5. The first-order chi connectivity index (χ1) is 9.33. The van der Waals surface area contributed by atoms with Crippen molar-refractivity contribution in [2.75, 3.05) is 0 Å². The van der Waals surface area contributed by atoms with Crippen LogP contribution in [0.2, 0.25) is 0 Å². The first kappa shape index (κ1) is 14.5. The van der Waals surface area contributed by atoms with Crippen LogP contribution in [0.15, 0.2) is 22.7 Å². The highest BCUT2D eigenvalue weighted by Gasteiger charge is 2.58. The molecule has 2 aliphatic carbocycles. The van der Waals surface area contributed by atoms with E-state index >= 15 is 0 Å². The lowest BCUT2D eigenvalue weighted by Crippen LogP contribution is -2.49. The monoisotopic (exact) mass is 339 g/mol. The highest BCUT2D eigenvalue weighted by Crippen LogP contribution is 2.62. The van der Waals surface area contributed by atoms with E-state index in [0.717, 1.165) is 18.0 Å². The van der Waals surface area contributed by atoms with Crippen molar-refractivity contribution in [3.63, 3.8) is 0 Å². The largest absolute Gasteiger partial charge is 0.309 e. The molecule has 0 aromatic heterocycles. The van der Waals surface area contributed by atoms with Gasteiger partial charge in [0.2, 0.25) is 0 Å². The molecule has 1 nitrogen and oxygen atoms in total. The van der Waals surface area contributed by atoms with Gasteiger partial charge in [-0.05, 0) is 69.6 Å².